The Morgan fingerprint density at radius 1 is 1.03 bits per heavy atom. The summed E-state index contributed by atoms with van der Waals surface area (Å²) < 4.78 is 39.1. The lowest BCUT2D eigenvalue weighted by Gasteiger charge is -2.32. The van der Waals surface area contributed by atoms with Crippen molar-refractivity contribution in [3.8, 4) is 11.3 Å². The van der Waals surface area contributed by atoms with Gasteiger partial charge in [-0.1, -0.05) is 18.2 Å². The Labute approximate surface area is 167 Å². The van der Waals surface area contributed by atoms with Crippen molar-refractivity contribution in [3.05, 3.63) is 78.0 Å². The van der Waals surface area contributed by atoms with Crippen molar-refractivity contribution in [2.75, 3.05) is 13.1 Å². The first-order valence-electron chi connectivity index (χ1n) is 9.60. The highest BCUT2D eigenvalue weighted by molar-refractivity contribution is 5.59. The largest absolute Gasteiger partial charge is 0.416 e. The Bertz CT molecular complexity index is 960. The number of rotatable bonds is 4. The van der Waals surface area contributed by atoms with Crippen molar-refractivity contribution in [2.24, 2.45) is 0 Å². The van der Waals surface area contributed by atoms with E-state index in [-0.39, 0.29) is 5.92 Å². The van der Waals surface area contributed by atoms with Crippen LogP contribution >= 0.6 is 0 Å². The molecule has 0 N–H and O–H groups in total. The number of nitrogens with zero attached hydrogens (tertiary/aromatic N) is 4. The highest BCUT2D eigenvalue weighted by Crippen LogP contribution is 2.32. The van der Waals surface area contributed by atoms with E-state index in [1.165, 1.54) is 12.3 Å². The summed E-state index contributed by atoms with van der Waals surface area (Å²) in [6.45, 7) is 2.67. The topological polar surface area (TPSA) is 41.9 Å². The fraction of sp³-hybridized carbons (Fsp3) is 0.318. The predicted molar refractivity (Wildman–Crippen MR) is 104 cm³/mol. The average molecular weight is 398 g/mol. The third-order valence-electron chi connectivity index (χ3n) is 5.19. The lowest BCUT2D eigenvalue weighted by atomic mass is 9.94. The number of pyridine rings is 1. The number of alkyl halides is 3. The van der Waals surface area contributed by atoms with Gasteiger partial charge in [0.25, 0.3) is 0 Å². The van der Waals surface area contributed by atoms with E-state index in [0.717, 1.165) is 55.9 Å². The van der Waals surface area contributed by atoms with E-state index in [2.05, 4.69) is 25.9 Å². The molecular weight excluding hydrogens is 377 g/mol. The molecule has 0 saturated carbocycles. The summed E-state index contributed by atoms with van der Waals surface area (Å²) in [6, 6.07) is 9.23. The third-order valence-corrected chi connectivity index (χ3v) is 5.19. The lowest BCUT2D eigenvalue weighted by molar-refractivity contribution is -0.137. The fourth-order valence-corrected chi connectivity index (χ4v) is 3.76. The van der Waals surface area contributed by atoms with Crippen molar-refractivity contribution in [1.82, 2.24) is 19.9 Å². The zero-order valence-corrected chi connectivity index (χ0v) is 15.8. The number of hydrogen-bond donors (Lipinski definition) is 0. The molecule has 0 bridgehead atoms. The predicted octanol–water partition coefficient (Wildman–Crippen LogP) is 4.94. The van der Waals surface area contributed by atoms with E-state index < -0.39 is 11.7 Å². The molecule has 1 aliphatic rings. The fourth-order valence-electron chi connectivity index (χ4n) is 3.76. The smallest absolute Gasteiger partial charge is 0.298 e. The first-order chi connectivity index (χ1) is 14.0. The van der Waals surface area contributed by atoms with Gasteiger partial charge >= 0.3 is 6.18 Å². The molecule has 0 aliphatic carbocycles. The van der Waals surface area contributed by atoms with Gasteiger partial charge in [-0.3, -0.25) is 14.9 Å². The molecule has 150 valence electrons. The number of benzene rings is 1. The molecule has 0 radical (unpaired) electrons. The Morgan fingerprint density at radius 2 is 1.93 bits per heavy atom. The van der Waals surface area contributed by atoms with Gasteiger partial charge in [0.2, 0.25) is 0 Å². The van der Waals surface area contributed by atoms with Gasteiger partial charge in [-0.25, -0.2) is 4.98 Å². The molecule has 3 heterocycles. The SMILES string of the molecule is FC(F)(F)c1cccc(-c2cncc([C@H]3CCCN(Cc4cccnc4)C3)n2)c1. The molecule has 7 heteroatoms. The summed E-state index contributed by atoms with van der Waals surface area (Å²) in [4.78, 5) is 15.5. The monoisotopic (exact) mass is 398 g/mol. The molecule has 3 aromatic rings. The molecule has 1 saturated heterocycles. The van der Waals surface area contributed by atoms with Crippen molar-refractivity contribution >= 4 is 0 Å². The second-order valence-corrected chi connectivity index (χ2v) is 7.34. The van der Waals surface area contributed by atoms with Crippen LogP contribution in [0.4, 0.5) is 13.2 Å². The highest BCUT2D eigenvalue weighted by atomic mass is 19.4. The molecule has 0 spiro atoms. The molecular formula is C22H21F3N4. The van der Waals surface area contributed by atoms with Crippen LogP contribution in [0.1, 0.15) is 35.6 Å². The maximum atomic E-state index is 13.0. The first-order valence-corrected chi connectivity index (χ1v) is 9.60. The Morgan fingerprint density at radius 3 is 2.72 bits per heavy atom. The maximum absolute atomic E-state index is 13.0. The van der Waals surface area contributed by atoms with Crippen LogP contribution in [0.2, 0.25) is 0 Å². The lowest BCUT2D eigenvalue weighted by Crippen LogP contribution is -2.34. The van der Waals surface area contributed by atoms with Crippen LogP contribution in [-0.2, 0) is 12.7 Å². The van der Waals surface area contributed by atoms with E-state index in [1.807, 2.05) is 12.3 Å². The number of halogens is 3. The second kappa shape index (κ2) is 8.29. The van der Waals surface area contributed by atoms with Crippen LogP contribution in [0.3, 0.4) is 0 Å². The van der Waals surface area contributed by atoms with Gasteiger partial charge in [0, 0.05) is 43.2 Å². The van der Waals surface area contributed by atoms with Gasteiger partial charge in [-0.15, -0.1) is 0 Å². The Kier molecular flexibility index (Phi) is 5.58. The standard InChI is InChI=1S/C22H21F3N4/c23-22(24,25)19-7-1-5-17(10-19)20-12-27-13-21(28-20)18-6-3-9-29(15-18)14-16-4-2-8-26-11-16/h1-2,4-5,7-8,10-13,18H,3,6,9,14-15H2/t18-/m0/s1. The van der Waals surface area contributed by atoms with Crippen molar-refractivity contribution < 1.29 is 13.2 Å². The summed E-state index contributed by atoms with van der Waals surface area (Å²) >= 11 is 0. The molecule has 0 unspecified atom stereocenters. The van der Waals surface area contributed by atoms with Gasteiger partial charge in [0.05, 0.1) is 23.1 Å². The van der Waals surface area contributed by atoms with Crippen molar-refractivity contribution in [3.63, 3.8) is 0 Å². The van der Waals surface area contributed by atoms with Gasteiger partial charge in [0.1, 0.15) is 0 Å². The van der Waals surface area contributed by atoms with E-state index in [1.54, 1.807) is 18.5 Å². The number of aromatic nitrogens is 3. The molecule has 4 rings (SSSR count). The van der Waals surface area contributed by atoms with Gasteiger partial charge in [-0.2, -0.15) is 13.2 Å². The minimum Gasteiger partial charge on any atom is -0.298 e. The van der Waals surface area contributed by atoms with E-state index in [0.29, 0.717) is 11.3 Å². The zero-order chi connectivity index (χ0) is 20.3. The van der Waals surface area contributed by atoms with E-state index >= 15 is 0 Å². The van der Waals surface area contributed by atoms with Crippen LogP contribution in [0.5, 0.6) is 0 Å². The third kappa shape index (κ3) is 4.79. The quantitative estimate of drug-likeness (QED) is 0.625. The second-order valence-electron chi connectivity index (χ2n) is 7.34. The molecule has 1 fully saturated rings. The number of hydrogen-bond acceptors (Lipinski definition) is 4. The summed E-state index contributed by atoms with van der Waals surface area (Å²) in [5.41, 5.74) is 2.21. The van der Waals surface area contributed by atoms with Crippen LogP contribution in [0, 0.1) is 0 Å². The van der Waals surface area contributed by atoms with Crippen LogP contribution < -0.4 is 0 Å². The molecule has 4 nitrogen and oxygen atoms in total. The van der Waals surface area contributed by atoms with Gasteiger partial charge in [-0.05, 0) is 43.1 Å². The summed E-state index contributed by atoms with van der Waals surface area (Å²) in [5, 5.41) is 0. The van der Waals surface area contributed by atoms with E-state index in [9.17, 15) is 13.2 Å². The number of likely N-dealkylation sites (tertiary alicyclic amines) is 1. The maximum Gasteiger partial charge on any atom is 0.416 e. The summed E-state index contributed by atoms with van der Waals surface area (Å²) in [6.07, 6.45) is 4.54. The zero-order valence-electron chi connectivity index (χ0n) is 15.8. The minimum atomic E-state index is -4.38. The Hall–Kier alpha value is -2.80. The molecule has 1 aromatic carbocycles. The van der Waals surface area contributed by atoms with Crippen LogP contribution in [0.25, 0.3) is 11.3 Å². The molecule has 29 heavy (non-hydrogen) atoms. The minimum absolute atomic E-state index is 0.207. The number of piperidine rings is 1. The summed E-state index contributed by atoms with van der Waals surface area (Å²) in [7, 11) is 0. The van der Waals surface area contributed by atoms with Gasteiger partial charge in [0.15, 0.2) is 0 Å². The van der Waals surface area contributed by atoms with Crippen molar-refractivity contribution in [1.29, 1.82) is 0 Å². The molecule has 1 aliphatic heterocycles. The Balaban J connectivity index is 1.53. The molecule has 2 aromatic heterocycles. The van der Waals surface area contributed by atoms with Crippen LogP contribution in [0.15, 0.2) is 61.2 Å². The molecule has 1 atom stereocenters. The first kappa shape index (κ1) is 19.5. The average Bonchev–Trinajstić information content (AvgIpc) is 2.74. The highest BCUT2D eigenvalue weighted by Gasteiger charge is 2.30. The van der Waals surface area contributed by atoms with Crippen molar-refractivity contribution in [2.45, 2.75) is 31.5 Å². The molecule has 0 amide bonds. The normalized spacial score (nSPS) is 18.0. The van der Waals surface area contributed by atoms with Gasteiger partial charge < -0.3 is 0 Å². The van der Waals surface area contributed by atoms with Crippen LogP contribution in [-0.4, -0.2) is 32.9 Å². The van der Waals surface area contributed by atoms with E-state index in [4.69, 9.17) is 0 Å². The summed E-state index contributed by atoms with van der Waals surface area (Å²) in [5.74, 6) is 0.207.